The monoisotopic (exact) mass is 355 g/mol. The molecule has 0 amide bonds. The van der Waals surface area contributed by atoms with Gasteiger partial charge in [0, 0.05) is 39.4 Å². The third kappa shape index (κ3) is 3.64. The highest BCUT2D eigenvalue weighted by atomic mass is 16.5. The van der Waals surface area contributed by atoms with Crippen molar-refractivity contribution in [3.63, 3.8) is 0 Å². The summed E-state index contributed by atoms with van der Waals surface area (Å²) in [5.74, 6) is 1.87. The zero-order valence-corrected chi connectivity index (χ0v) is 15.3. The van der Waals surface area contributed by atoms with E-state index in [9.17, 15) is 0 Å². The predicted molar refractivity (Wildman–Crippen MR) is 99.3 cm³/mol. The molecule has 2 fully saturated rings. The molecule has 0 aliphatic carbocycles. The van der Waals surface area contributed by atoms with E-state index >= 15 is 0 Å². The Labute approximate surface area is 154 Å². The lowest BCUT2D eigenvalue weighted by Gasteiger charge is -2.53. The van der Waals surface area contributed by atoms with Crippen molar-refractivity contribution in [3.05, 3.63) is 42.5 Å². The second-order valence-corrected chi connectivity index (χ2v) is 7.26. The number of hydrogen-bond donors (Lipinski definition) is 0. The van der Waals surface area contributed by atoms with Gasteiger partial charge < -0.3 is 19.3 Å². The van der Waals surface area contributed by atoms with E-state index in [1.807, 2.05) is 43.3 Å². The van der Waals surface area contributed by atoms with Crippen LogP contribution in [0.25, 0.3) is 0 Å². The molecule has 4 rings (SSSR count). The maximum Gasteiger partial charge on any atom is 0.134 e. The summed E-state index contributed by atoms with van der Waals surface area (Å²) in [5, 5.41) is 0. The molecule has 2 aliphatic heterocycles. The number of hydrogen-bond acceptors (Lipinski definition) is 7. The second kappa shape index (κ2) is 7.17. The molecular formula is C19H25N5O2. The molecule has 2 aromatic heterocycles. The SMILES string of the molecule is CN(C)c1cc(N2CC3(C[C@@H](OCc4ccccn4)CCO3)C2)ncn1. The summed E-state index contributed by atoms with van der Waals surface area (Å²) in [5.41, 5.74) is 0.858. The van der Waals surface area contributed by atoms with E-state index in [0.717, 1.165) is 49.9 Å². The first kappa shape index (κ1) is 17.2. The number of aromatic nitrogens is 3. The van der Waals surface area contributed by atoms with Crippen molar-refractivity contribution in [3.8, 4) is 0 Å². The Morgan fingerprint density at radius 2 is 2.15 bits per heavy atom. The minimum atomic E-state index is -0.115. The van der Waals surface area contributed by atoms with Gasteiger partial charge in [-0.3, -0.25) is 4.98 Å². The summed E-state index contributed by atoms with van der Waals surface area (Å²) < 4.78 is 12.2. The van der Waals surface area contributed by atoms with Crippen LogP contribution in [0.4, 0.5) is 11.6 Å². The average Bonchev–Trinajstić information content (AvgIpc) is 2.65. The fraction of sp³-hybridized carbons (Fsp3) is 0.526. The van der Waals surface area contributed by atoms with Gasteiger partial charge in [0.25, 0.3) is 0 Å². The molecule has 4 heterocycles. The first-order valence-corrected chi connectivity index (χ1v) is 9.03. The predicted octanol–water partition coefficient (Wildman–Crippen LogP) is 1.89. The Bertz CT molecular complexity index is 734. The molecule has 26 heavy (non-hydrogen) atoms. The number of ether oxygens (including phenoxy) is 2. The fourth-order valence-corrected chi connectivity index (χ4v) is 3.60. The van der Waals surface area contributed by atoms with Gasteiger partial charge in [0.1, 0.15) is 23.6 Å². The van der Waals surface area contributed by atoms with Gasteiger partial charge in [-0.05, 0) is 18.6 Å². The molecule has 0 radical (unpaired) electrons. The maximum atomic E-state index is 6.12. The molecule has 0 bridgehead atoms. The van der Waals surface area contributed by atoms with Crippen molar-refractivity contribution in [1.82, 2.24) is 15.0 Å². The van der Waals surface area contributed by atoms with E-state index in [1.165, 1.54) is 0 Å². The molecule has 7 nitrogen and oxygen atoms in total. The number of rotatable bonds is 5. The summed E-state index contributed by atoms with van der Waals surface area (Å²) in [7, 11) is 3.97. The first-order valence-electron chi connectivity index (χ1n) is 9.03. The van der Waals surface area contributed by atoms with Crippen LogP contribution in [0.5, 0.6) is 0 Å². The molecular weight excluding hydrogens is 330 g/mol. The van der Waals surface area contributed by atoms with Crippen LogP contribution >= 0.6 is 0 Å². The largest absolute Gasteiger partial charge is 0.372 e. The van der Waals surface area contributed by atoms with Crippen molar-refractivity contribution in [2.24, 2.45) is 0 Å². The van der Waals surface area contributed by atoms with Crippen LogP contribution in [-0.4, -0.2) is 60.4 Å². The standard InChI is InChI=1S/C19H25N5O2/c1-23(2)17-9-18(22-14-21-17)24-12-19(13-24)10-16(6-8-26-19)25-11-15-5-3-4-7-20-15/h3-5,7,9,14,16H,6,8,10-13H2,1-2H3/t16-/m0/s1. The van der Waals surface area contributed by atoms with Crippen molar-refractivity contribution in [1.29, 1.82) is 0 Å². The number of anilines is 2. The van der Waals surface area contributed by atoms with Crippen molar-refractivity contribution >= 4 is 11.6 Å². The highest BCUT2D eigenvalue weighted by Crippen LogP contribution is 2.37. The Morgan fingerprint density at radius 3 is 2.92 bits per heavy atom. The molecule has 2 saturated heterocycles. The first-order chi connectivity index (χ1) is 12.6. The van der Waals surface area contributed by atoms with Gasteiger partial charge in [0.15, 0.2) is 0 Å². The van der Waals surface area contributed by atoms with E-state index < -0.39 is 0 Å². The van der Waals surface area contributed by atoms with Crippen LogP contribution in [0.15, 0.2) is 36.8 Å². The van der Waals surface area contributed by atoms with Gasteiger partial charge in [-0.15, -0.1) is 0 Å². The Balaban J connectivity index is 1.33. The third-order valence-corrected chi connectivity index (χ3v) is 5.02. The third-order valence-electron chi connectivity index (χ3n) is 5.02. The minimum Gasteiger partial charge on any atom is -0.372 e. The second-order valence-electron chi connectivity index (χ2n) is 7.26. The molecule has 0 saturated carbocycles. The Hall–Kier alpha value is -2.25. The van der Waals surface area contributed by atoms with Crippen molar-refractivity contribution < 1.29 is 9.47 Å². The van der Waals surface area contributed by atoms with Crippen molar-refractivity contribution in [2.75, 3.05) is 43.6 Å². The van der Waals surface area contributed by atoms with Gasteiger partial charge >= 0.3 is 0 Å². The fourth-order valence-electron chi connectivity index (χ4n) is 3.60. The van der Waals surface area contributed by atoms with E-state index in [0.29, 0.717) is 6.61 Å². The number of nitrogens with zero attached hydrogens (tertiary/aromatic N) is 5. The lowest BCUT2D eigenvalue weighted by molar-refractivity contribution is -0.148. The molecule has 0 N–H and O–H groups in total. The zero-order chi connectivity index (χ0) is 18.0. The van der Waals surface area contributed by atoms with Gasteiger partial charge in [0.2, 0.25) is 0 Å². The molecule has 1 atom stereocenters. The van der Waals surface area contributed by atoms with Crippen LogP contribution in [-0.2, 0) is 16.1 Å². The normalized spacial score (nSPS) is 21.5. The lowest BCUT2D eigenvalue weighted by Crippen LogP contribution is -2.66. The molecule has 0 unspecified atom stereocenters. The summed E-state index contributed by atoms with van der Waals surface area (Å²) >= 11 is 0. The van der Waals surface area contributed by atoms with Crippen LogP contribution in [0, 0.1) is 0 Å². The maximum absolute atomic E-state index is 6.12. The minimum absolute atomic E-state index is 0.115. The average molecular weight is 355 g/mol. The van der Waals surface area contributed by atoms with Crippen LogP contribution in [0.3, 0.4) is 0 Å². The highest BCUT2D eigenvalue weighted by Gasteiger charge is 2.48. The van der Waals surface area contributed by atoms with Gasteiger partial charge in [-0.2, -0.15) is 0 Å². The van der Waals surface area contributed by atoms with Crippen LogP contribution < -0.4 is 9.80 Å². The van der Waals surface area contributed by atoms with E-state index in [1.54, 1.807) is 12.5 Å². The molecule has 7 heteroatoms. The van der Waals surface area contributed by atoms with Crippen molar-refractivity contribution in [2.45, 2.75) is 31.2 Å². The molecule has 138 valence electrons. The molecule has 2 aromatic rings. The molecule has 0 aromatic carbocycles. The summed E-state index contributed by atoms with van der Waals surface area (Å²) in [6, 6.07) is 7.93. The molecule has 2 aliphatic rings. The van der Waals surface area contributed by atoms with E-state index in [2.05, 4.69) is 19.9 Å². The number of pyridine rings is 1. The topological polar surface area (TPSA) is 63.6 Å². The van der Waals surface area contributed by atoms with Gasteiger partial charge in [-0.1, -0.05) is 6.07 Å². The zero-order valence-electron chi connectivity index (χ0n) is 15.3. The summed E-state index contributed by atoms with van der Waals surface area (Å²) in [6.07, 6.45) is 5.50. The summed E-state index contributed by atoms with van der Waals surface area (Å²) in [4.78, 5) is 17.2. The summed E-state index contributed by atoms with van der Waals surface area (Å²) in [6.45, 7) is 3.00. The molecule has 1 spiro atoms. The Morgan fingerprint density at radius 1 is 1.27 bits per heavy atom. The highest BCUT2D eigenvalue weighted by molar-refractivity contribution is 5.52. The van der Waals surface area contributed by atoms with E-state index in [4.69, 9.17) is 9.47 Å². The van der Waals surface area contributed by atoms with Crippen LogP contribution in [0.2, 0.25) is 0 Å². The van der Waals surface area contributed by atoms with E-state index in [-0.39, 0.29) is 11.7 Å². The van der Waals surface area contributed by atoms with Crippen LogP contribution in [0.1, 0.15) is 18.5 Å². The Kier molecular flexibility index (Phi) is 4.74. The quantitative estimate of drug-likeness (QED) is 0.811. The smallest absolute Gasteiger partial charge is 0.134 e. The van der Waals surface area contributed by atoms with Gasteiger partial charge in [-0.25, -0.2) is 9.97 Å². The lowest BCUT2D eigenvalue weighted by atomic mass is 9.84. The van der Waals surface area contributed by atoms with Gasteiger partial charge in [0.05, 0.1) is 31.5 Å².